The third kappa shape index (κ3) is 6.53. The number of benzene rings is 1. The molecule has 0 radical (unpaired) electrons. The zero-order valence-electron chi connectivity index (χ0n) is 20.3. The molecule has 1 atom stereocenters. The summed E-state index contributed by atoms with van der Waals surface area (Å²) in [6.07, 6.45) is 1.58. The molecule has 32 heavy (non-hydrogen) atoms. The van der Waals surface area contributed by atoms with Crippen molar-refractivity contribution >= 4 is 23.1 Å². The predicted octanol–water partition coefficient (Wildman–Crippen LogP) is 3.30. The highest BCUT2D eigenvalue weighted by Crippen LogP contribution is 2.28. The van der Waals surface area contributed by atoms with E-state index in [2.05, 4.69) is 12.3 Å². The standard InChI is InChI=1S/C24H38N4O3S/c1-8-21(25)24(26)10-12-28(13-11-24)32(30)14-9-20-17(2)15-19(16-18(20)3)27(7)22(29)31-23(4,5)6/h15-16H,1,9-14,25-26H2,2-7H3/t32-/m0/s1. The number of carbonyl (C=O) groups is 1. The van der Waals surface area contributed by atoms with Gasteiger partial charge in [-0.2, -0.15) is 0 Å². The molecule has 8 heteroatoms. The minimum absolute atomic E-state index is 0.391. The van der Waals surface area contributed by atoms with Gasteiger partial charge >= 0.3 is 6.09 Å². The van der Waals surface area contributed by atoms with Crippen LogP contribution in [0.25, 0.3) is 0 Å². The van der Waals surface area contributed by atoms with E-state index in [9.17, 15) is 9.35 Å². The molecule has 4 N–H and O–H groups in total. The predicted molar refractivity (Wildman–Crippen MR) is 132 cm³/mol. The summed E-state index contributed by atoms with van der Waals surface area (Å²) in [7, 11) is 1.71. The Balaban J connectivity index is 2.00. The smallest absolute Gasteiger partial charge is 0.414 e. The first kappa shape index (κ1) is 26.3. The highest BCUT2D eigenvalue weighted by molar-refractivity contribution is 7.89. The third-order valence-corrected chi connectivity index (χ3v) is 7.39. The molecule has 1 saturated heterocycles. The first-order chi connectivity index (χ1) is 14.8. The molecular formula is C24H38N4O3S. The first-order valence-electron chi connectivity index (χ1n) is 10.9. The molecule has 2 rings (SSSR count). The number of nitrogens with zero attached hydrogens (tertiary/aromatic N) is 2. The van der Waals surface area contributed by atoms with Crippen LogP contribution in [0.5, 0.6) is 0 Å². The Morgan fingerprint density at radius 2 is 1.84 bits per heavy atom. The fraction of sp³-hybridized carbons (Fsp3) is 0.583. The topological polar surface area (TPSA) is 108 Å². The van der Waals surface area contributed by atoms with E-state index < -0.39 is 28.6 Å². The average Bonchev–Trinajstić information content (AvgIpc) is 2.70. The third-order valence-electron chi connectivity index (χ3n) is 5.89. The van der Waals surface area contributed by atoms with Crippen molar-refractivity contribution in [3.05, 3.63) is 46.8 Å². The summed E-state index contributed by atoms with van der Waals surface area (Å²) in [5.41, 5.74) is 18.4. The zero-order chi connectivity index (χ0) is 24.3. The number of piperidine rings is 1. The van der Waals surface area contributed by atoms with Crippen molar-refractivity contribution in [3.8, 4) is 0 Å². The maximum Gasteiger partial charge on any atom is 0.414 e. The molecule has 1 aromatic carbocycles. The lowest BCUT2D eigenvalue weighted by Gasteiger charge is -2.38. The molecule has 1 aromatic rings. The van der Waals surface area contributed by atoms with E-state index in [1.807, 2.05) is 51.1 Å². The SMILES string of the molecule is C=C=C(N)C1(N)CCN([S@@+]([O-])CCc2c(C)cc(N(C)C(=O)OC(C)(C)C)cc2C)CC1. The molecule has 0 aliphatic carbocycles. The number of amides is 1. The quantitative estimate of drug-likeness (QED) is 0.496. The monoisotopic (exact) mass is 462 g/mol. The molecule has 1 fully saturated rings. The summed E-state index contributed by atoms with van der Waals surface area (Å²) in [5, 5.41) is 0. The second-order valence-electron chi connectivity index (χ2n) is 9.55. The van der Waals surface area contributed by atoms with Crippen LogP contribution in [-0.2, 0) is 22.5 Å². The van der Waals surface area contributed by atoms with Gasteiger partial charge < -0.3 is 20.8 Å². The minimum Gasteiger partial charge on any atom is -0.598 e. The number of rotatable bonds is 6. The number of carbonyl (C=O) groups excluding carboxylic acids is 1. The maximum atomic E-state index is 12.9. The summed E-state index contributed by atoms with van der Waals surface area (Å²) >= 11 is -1.10. The van der Waals surface area contributed by atoms with Crippen LogP contribution in [0.3, 0.4) is 0 Å². The summed E-state index contributed by atoms with van der Waals surface area (Å²) in [6.45, 7) is 14.4. The van der Waals surface area contributed by atoms with Gasteiger partial charge in [0.2, 0.25) is 0 Å². The summed E-state index contributed by atoms with van der Waals surface area (Å²) in [4.78, 5) is 13.9. The van der Waals surface area contributed by atoms with Crippen LogP contribution in [0.2, 0.25) is 0 Å². The molecule has 7 nitrogen and oxygen atoms in total. The maximum absolute atomic E-state index is 12.9. The average molecular weight is 463 g/mol. The van der Waals surface area contributed by atoms with Crippen LogP contribution in [0.4, 0.5) is 10.5 Å². The summed E-state index contributed by atoms with van der Waals surface area (Å²) in [5.74, 6) is 0.535. The van der Waals surface area contributed by atoms with E-state index in [0.29, 0.717) is 43.8 Å². The molecule has 178 valence electrons. The lowest BCUT2D eigenvalue weighted by molar-refractivity contribution is 0.0589. The molecule has 1 heterocycles. The van der Waals surface area contributed by atoms with Gasteiger partial charge in [-0.15, -0.1) is 10.0 Å². The first-order valence-corrected chi connectivity index (χ1v) is 12.2. The van der Waals surface area contributed by atoms with E-state index in [4.69, 9.17) is 16.2 Å². The largest absolute Gasteiger partial charge is 0.598 e. The van der Waals surface area contributed by atoms with Crippen molar-refractivity contribution in [2.45, 2.75) is 65.0 Å². The van der Waals surface area contributed by atoms with Crippen LogP contribution in [0.15, 0.2) is 30.1 Å². The zero-order valence-corrected chi connectivity index (χ0v) is 21.1. The van der Waals surface area contributed by atoms with Crippen molar-refractivity contribution in [2.75, 3.05) is 30.8 Å². The lowest BCUT2D eigenvalue weighted by atomic mass is 9.87. The van der Waals surface area contributed by atoms with Crippen molar-refractivity contribution in [2.24, 2.45) is 11.5 Å². The molecule has 0 bridgehead atoms. The van der Waals surface area contributed by atoms with Gasteiger partial charge in [-0.25, -0.2) is 4.79 Å². The van der Waals surface area contributed by atoms with Crippen LogP contribution < -0.4 is 16.4 Å². The molecule has 0 spiro atoms. The van der Waals surface area contributed by atoms with Gasteiger partial charge in [-0.3, -0.25) is 4.90 Å². The Labute approximate surface area is 195 Å². The van der Waals surface area contributed by atoms with Gasteiger partial charge in [0.25, 0.3) is 0 Å². The molecule has 1 amide bonds. The molecular weight excluding hydrogens is 424 g/mol. The van der Waals surface area contributed by atoms with Crippen molar-refractivity contribution in [1.82, 2.24) is 4.31 Å². The van der Waals surface area contributed by atoms with Gasteiger partial charge in [0, 0.05) is 43.6 Å². The Hall–Kier alpha value is -1.96. The van der Waals surface area contributed by atoms with Gasteiger partial charge in [-0.1, -0.05) is 6.58 Å². The molecule has 1 aliphatic rings. The van der Waals surface area contributed by atoms with Gasteiger partial charge in [-0.05, 0) is 76.3 Å². The van der Waals surface area contributed by atoms with Crippen molar-refractivity contribution in [1.29, 1.82) is 0 Å². The Bertz CT molecular complexity index is 859. The summed E-state index contributed by atoms with van der Waals surface area (Å²) in [6, 6.07) is 3.95. The van der Waals surface area contributed by atoms with Crippen molar-refractivity contribution < 1.29 is 14.1 Å². The van der Waals surface area contributed by atoms with E-state index in [1.54, 1.807) is 7.05 Å². The summed E-state index contributed by atoms with van der Waals surface area (Å²) < 4.78 is 20.3. The minimum atomic E-state index is -1.10. The van der Waals surface area contributed by atoms with E-state index in [1.165, 1.54) is 4.90 Å². The van der Waals surface area contributed by atoms with Gasteiger partial charge in [0.15, 0.2) is 0 Å². The number of hydrogen-bond donors (Lipinski definition) is 2. The molecule has 0 aromatic heterocycles. The second-order valence-corrected chi connectivity index (χ2v) is 11.1. The number of aryl methyl sites for hydroxylation is 2. The molecule has 0 saturated carbocycles. The fourth-order valence-electron chi connectivity index (χ4n) is 3.85. The normalized spacial score (nSPS) is 17.4. The van der Waals surface area contributed by atoms with Crippen molar-refractivity contribution in [3.63, 3.8) is 0 Å². The van der Waals surface area contributed by atoms with Gasteiger partial charge in [0.05, 0.1) is 11.2 Å². The molecule has 1 aliphatic heterocycles. The van der Waals surface area contributed by atoms with Crippen LogP contribution in [0, 0.1) is 13.8 Å². The Kier molecular flexibility index (Phi) is 8.48. The van der Waals surface area contributed by atoms with Crippen LogP contribution in [-0.4, -0.2) is 52.0 Å². The highest BCUT2D eigenvalue weighted by atomic mass is 32.2. The highest BCUT2D eigenvalue weighted by Gasteiger charge is 2.37. The van der Waals surface area contributed by atoms with E-state index in [-0.39, 0.29) is 0 Å². The number of nitrogens with two attached hydrogens (primary N) is 2. The Morgan fingerprint density at radius 3 is 2.31 bits per heavy atom. The lowest BCUT2D eigenvalue weighted by Crippen LogP contribution is -2.54. The number of hydrogen-bond acceptors (Lipinski definition) is 6. The van der Waals surface area contributed by atoms with Crippen LogP contribution in [0.1, 0.15) is 50.3 Å². The molecule has 0 unspecified atom stereocenters. The number of ether oxygens (including phenoxy) is 1. The number of anilines is 1. The Morgan fingerprint density at radius 1 is 1.31 bits per heavy atom. The second kappa shape index (κ2) is 10.3. The fourth-order valence-corrected chi connectivity index (χ4v) is 5.07. The van der Waals surface area contributed by atoms with E-state index in [0.717, 1.165) is 22.4 Å². The van der Waals surface area contributed by atoms with Gasteiger partial charge in [0.1, 0.15) is 11.4 Å². The van der Waals surface area contributed by atoms with Crippen LogP contribution >= 0.6 is 0 Å². The van der Waals surface area contributed by atoms with E-state index >= 15 is 0 Å².